The zero-order chi connectivity index (χ0) is 13.5. The van der Waals surface area contributed by atoms with Gasteiger partial charge in [0.2, 0.25) is 5.82 Å². The van der Waals surface area contributed by atoms with E-state index >= 15 is 0 Å². The van der Waals surface area contributed by atoms with Gasteiger partial charge in [-0.1, -0.05) is 24.0 Å². The standard InChI is InChI=1S/C13H13ClN4O/c1-18-16-13(15-17-18)10-19-12-8-3-2-6-11(12)7-4-5-9-14/h2-3,6,8H,5,9-10H2,1H3. The molecule has 0 unspecified atom stereocenters. The molecule has 0 aliphatic rings. The average Bonchev–Trinajstić information content (AvgIpc) is 2.84. The molecule has 1 heterocycles. The first-order valence-electron chi connectivity index (χ1n) is 5.79. The molecule has 1 aromatic heterocycles. The SMILES string of the molecule is Cn1nnc(COc2ccccc2C#CCCCl)n1. The summed E-state index contributed by atoms with van der Waals surface area (Å²) in [4.78, 5) is 1.39. The van der Waals surface area contributed by atoms with Gasteiger partial charge in [0.15, 0.2) is 6.61 Å². The first-order chi connectivity index (χ1) is 9.29. The number of nitrogens with zero attached hydrogens (tertiary/aromatic N) is 4. The van der Waals surface area contributed by atoms with Crippen molar-refractivity contribution in [2.24, 2.45) is 7.05 Å². The number of rotatable bonds is 4. The van der Waals surface area contributed by atoms with Crippen molar-refractivity contribution in [3.63, 3.8) is 0 Å². The van der Waals surface area contributed by atoms with E-state index in [4.69, 9.17) is 16.3 Å². The highest BCUT2D eigenvalue weighted by Crippen LogP contribution is 2.17. The Balaban J connectivity index is 2.06. The second-order valence-electron chi connectivity index (χ2n) is 3.72. The summed E-state index contributed by atoms with van der Waals surface area (Å²) >= 11 is 5.59. The molecular weight excluding hydrogens is 264 g/mol. The van der Waals surface area contributed by atoms with Crippen LogP contribution in [-0.4, -0.2) is 26.1 Å². The summed E-state index contributed by atoms with van der Waals surface area (Å²) in [5.74, 6) is 7.79. The largest absolute Gasteiger partial charge is 0.484 e. The molecule has 0 atom stereocenters. The molecular formula is C13H13ClN4O. The number of alkyl halides is 1. The lowest BCUT2D eigenvalue weighted by Crippen LogP contribution is -2.00. The van der Waals surface area contributed by atoms with Crippen LogP contribution in [0, 0.1) is 11.8 Å². The van der Waals surface area contributed by atoms with Crippen LogP contribution in [-0.2, 0) is 13.7 Å². The Morgan fingerprint density at radius 2 is 2.21 bits per heavy atom. The minimum atomic E-state index is 0.266. The van der Waals surface area contributed by atoms with E-state index in [1.807, 2.05) is 24.3 Å². The number of ether oxygens (including phenoxy) is 1. The number of aryl methyl sites for hydroxylation is 1. The number of benzene rings is 1. The molecule has 0 aliphatic carbocycles. The van der Waals surface area contributed by atoms with E-state index in [0.29, 0.717) is 23.9 Å². The van der Waals surface area contributed by atoms with E-state index in [-0.39, 0.29) is 6.61 Å². The molecule has 0 saturated carbocycles. The van der Waals surface area contributed by atoms with Crippen molar-refractivity contribution < 1.29 is 4.74 Å². The smallest absolute Gasteiger partial charge is 0.212 e. The zero-order valence-corrected chi connectivity index (χ0v) is 11.3. The maximum atomic E-state index is 5.65. The average molecular weight is 277 g/mol. The zero-order valence-electron chi connectivity index (χ0n) is 10.5. The molecule has 1 aromatic carbocycles. The predicted molar refractivity (Wildman–Crippen MR) is 71.8 cm³/mol. The Morgan fingerprint density at radius 1 is 1.37 bits per heavy atom. The van der Waals surface area contributed by atoms with Crippen LogP contribution in [0.2, 0.25) is 0 Å². The second kappa shape index (κ2) is 6.76. The van der Waals surface area contributed by atoms with Gasteiger partial charge in [-0.15, -0.1) is 21.8 Å². The summed E-state index contributed by atoms with van der Waals surface area (Å²) < 4.78 is 5.65. The van der Waals surface area contributed by atoms with Crippen molar-refractivity contribution in [3.8, 4) is 17.6 Å². The van der Waals surface area contributed by atoms with Crippen LogP contribution in [0.5, 0.6) is 5.75 Å². The minimum absolute atomic E-state index is 0.266. The summed E-state index contributed by atoms with van der Waals surface area (Å²) in [6, 6.07) is 7.58. The van der Waals surface area contributed by atoms with E-state index in [2.05, 4.69) is 27.3 Å². The van der Waals surface area contributed by atoms with Crippen molar-refractivity contribution in [3.05, 3.63) is 35.7 Å². The number of hydrogen-bond donors (Lipinski definition) is 0. The van der Waals surface area contributed by atoms with Crippen LogP contribution in [0.25, 0.3) is 0 Å². The third-order valence-corrected chi connectivity index (χ3v) is 2.43. The van der Waals surface area contributed by atoms with Gasteiger partial charge in [-0.05, 0) is 17.3 Å². The molecule has 0 aliphatic heterocycles. The maximum absolute atomic E-state index is 5.65. The topological polar surface area (TPSA) is 52.8 Å². The van der Waals surface area contributed by atoms with Gasteiger partial charge < -0.3 is 4.74 Å². The molecule has 0 amide bonds. The predicted octanol–water partition coefficient (Wildman–Crippen LogP) is 1.77. The Hall–Kier alpha value is -2.06. The lowest BCUT2D eigenvalue weighted by Gasteiger charge is -2.05. The van der Waals surface area contributed by atoms with Gasteiger partial charge in [0.1, 0.15) is 5.75 Å². The van der Waals surface area contributed by atoms with Crippen molar-refractivity contribution in [2.45, 2.75) is 13.0 Å². The molecule has 19 heavy (non-hydrogen) atoms. The summed E-state index contributed by atoms with van der Waals surface area (Å²) in [7, 11) is 1.71. The summed E-state index contributed by atoms with van der Waals surface area (Å²) in [6.07, 6.45) is 0.654. The molecule has 2 aromatic rings. The second-order valence-corrected chi connectivity index (χ2v) is 4.10. The number of para-hydroxylation sites is 1. The molecule has 2 rings (SSSR count). The van der Waals surface area contributed by atoms with Gasteiger partial charge in [-0.25, -0.2) is 0 Å². The van der Waals surface area contributed by atoms with Gasteiger partial charge in [0, 0.05) is 12.3 Å². The number of hydrogen-bond acceptors (Lipinski definition) is 4. The van der Waals surface area contributed by atoms with Gasteiger partial charge in [0.25, 0.3) is 0 Å². The van der Waals surface area contributed by atoms with E-state index in [9.17, 15) is 0 Å². The molecule has 0 saturated heterocycles. The molecule has 0 radical (unpaired) electrons. The first kappa shape index (κ1) is 13.4. The van der Waals surface area contributed by atoms with Crippen molar-refractivity contribution in [2.75, 3.05) is 5.88 Å². The summed E-state index contributed by atoms with van der Waals surface area (Å²) in [5.41, 5.74) is 0.830. The molecule has 5 nitrogen and oxygen atoms in total. The third-order valence-electron chi connectivity index (χ3n) is 2.24. The van der Waals surface area contributed by atoms with Gasteiger partial charge >= 0.3 is 0 Å². The quantitative estimate of drug-likeness (QED) is 0.631. The van der Waals surface area contributed by atoms with E-state index in [1.165, 1.54) is 4.80 Å². The Morgan fingerprint density at radius 3 is 2.95 bits per heavy atom. The number of aromatic nitrogens is 4. The fourth-order valence-corrected chi connectivity index (χ4v) is 1.52. The fourth-order valence-electron chi connectivity index (χ4n) is 1.42. The summed E-state index contributed by atoms with van der Waals surface area (Å²) in [6.45, 7) is 0.266. The van der Waals surface area contributed by atoms with Crippen LogP contribution < -0.4 is 4.74 Å². The van der Waals surface area contributed by atoms with Crippen molar-refractivity contribution >= 4 is 11.6 Å². The highest BCUT2D eigenvalue weighted by molar-refractivity contribution is 6.18. The lowest BCUT2D eigenvalue weighted by molar-refractivity contribution is 0.294. The van der Waals surface area contributed by atoms with Crippen LogP contribution in [0.15, 0.2) is 24.3 Å². The Kier molecular flexibility index (Phi) is 4.76. The minimum Gasteiger partial charge on any atom is -0.484 e. The van der Waals surface area contributed by atoms with Crippen LogP contribution in [0.3, 0.4) is 0 Å². The lowest BCUT2D eigenvalue weighted by atomic mass is 10.2. The van der Waals surface area contributed by atoms with Crippen LogP contribution in [0.4, 0.5) is 0 Å². The number of tetrazole rings is 1. The maximum Gasteiger partial charge on any atom is 0.212 e. The van der Waals surface area contributed by atoms with Crippen LogP contribution >= 0.6 is 11.6 Å². The summed E-state index contributed by atoms with van der Waals surface area (Å²) in [5, 5.41) is 11.7. The Bertz CT molecular complexity index is 600. The highest BCUT2D eigenvalue weighted by Gasteiger charge is 2.04. The monoisotopic (exact) mass is 276 g/mol. The van der Waals surface area contributed by atoms with Crippen molar-refractivity contribution in [1.82, 2.24) is 20.2 Å². The Labute approximate surface area is 116 Å². The van der Waals surface area contributed by atoms with E-state index in [0.717, 1.165) is 5.56 Å². The normalized spacial score (nSPS) is 9.79. The van der Waals surface area contributed by atoms with Crippen LogP contribution in [0.1, 0.15) is 17.8 Å². The molecule has 0 bridgehead atoms. The third kappa shape index (κ3) is 3.97. The number of halogens is 1. The van der Waals surface area contributed by atoms with Gasteiger partial charge in [0.05, 0.1) is 12.6 Å². The fraction of sp³-hybridized carbons (Fsp3) is 0.308. The molecule has 0 fully saturated rings. The van der Waals surface area contributed by atoms with E-state index in [1.54, 1.807) is 7.05 Å². The van der Waals surface area contributed by atoms with E-state index < -0.39 is 0 Å². The highest BCUT2D eigenvalue weighted by atomic mass is 35.5. The van der Waals surface area contributed by atoms with Gasteiger partial charge in [-0.3, -0.25) is 0 Å². The molecule has 6 heteroatoms. The van der Waals surface area contributed by atoms with Gasteiger partial charge in [-0.2, -0.15) is 4.80 Å². The molecule has 0 N–H and O–H groups in total. The first-order valence-corrected chi connectivity index (χ1v) is 6.32. The molecule has 98 valence electrons. The molecule has 0 spiro atoms. The van der Waals surface area contributed by atoms with Crippen molar-refractivity contribution in [1.29, 1.82) is 0 Å².